The average molecular weight is 216 g/mol. The van der Waals surface area contributed by atoms with E-state index in [-0.39, 0.29) is 6.10 Å². The van der Waals surface area contributed by atoms with Crippen molar-refractivity contribution in [3.63, 3.8) is 0 Å². The van der Waals surface area contributed by atoms with Gasteiger partial charge in [-0.1, -0.05) is 13.0 Å². The molecule has 0 saturated carbocycles. The number of benzene rings is 1. The topological polar surface area (TPSA) is 48.1 Å². The van der Waals surface area contributed by atoms with Crippen LogP contribution in [0, 0.1) is 0 Å². The molecule has 0 spiro atoms. The minimum atomic E-state index is 0.0748. The van der Waals surface area contributed by atoms with Gasteiger partial charge in [0.15, 0.2) is 0 Å². The lowest BCUT2D eigenvalue weighted by Crippen LogP contribution is -2.25. The van der Waals surface area contributed by atoms with Gasteiger partial charge in [-0.15, -0.1) is 0 Å². The Morgan fingerprint density at radius 3 is 2.94 bits per heavy atom. The number of rotatable bonds is 4. The Balaban J connectivity index is 2.36. The van der Waals surface area contributed by atoms with Gasteiger partial charge in [0.05, 0.1) is 5.52 Å². The average Bonchev–Trinajstić information content (AvgIpc) is 2.36. The first-order chi connectivity index (χ1) is 7.85. The molecule has 0 bridgehead atoms. The van der Waals surface area contributed by atoms with Crippen molar-refractivity contribution in [1.29, 1.82) is 0 Å². The van der Waals surface area contributed by atoms with Gasteiger partial charge in [0, 0.05) is 18.1 Å². The number of nitrogens with zero attached hydrogens (tertiary/aromatic N) is 1. The van der Waals surface area contributed by atoms with Gasteiger partial charge < -0.3 is 10.5 Å². The van der Waals surface area contributed by atoms with E-state index in [1.165, 1.54) is 0 Å². The SMILES string of the molecule is CCC(CN)Oc1cccc2ncccc12. The van der Waals surface area contributed by atoms with Crippen LogP contribution in [0.25, 0.3) is 10.9 Å². The molecule has 1 atom stereocenters. The summed E-state index contributed by atoms with van der Waals surface area (Å²) in [6, 6.07) is 9.82. The van der Waals surface area contributed by atoms with Crippen molar-refractivity contribution in [1.82, 2.24) is 4.98 Å². The van der Waals surface area contributed by atoms with E-state index >= 15 is 0 Å². The Kier molecular flexibility index (Phi) is 3.37. The molecular formula is C13H16N2O. The lowest BCUT2D eigenvalue weighted by atomic mass is 10.2. The van der Waals surface area contributed by atoms with Crippen molar-refractivity contribution < 1.29 is 4.74 Å². The summed E-state index contributed by atoms with van der Waals surface area (Å²) in [6.07, 6.45) is 2.77. The van der Waals surface area contributed by atoms with E-state index in [0.29, 0.717) is 6.54 Å². The van der Waals surface area contributed by atoms with E-state index in [4.69, 9.17) is 10.5 Å². The highest BCUT2D eigenvalue weighted by molar-refractivity contribution is 5.84. The van der Waals surface area contributed by atoms with Crippen molar-refractivity contribution in [3.8, 4) is 5.75 Å². The van der Waals surface area contributed by atoms with Crippen LogP contribution in [0.2, 0.25) is 0 Å². The molecule has 0 aliphatic rings. The number of aromatic nitrogens is 1. The van der Waals surface area contributed by atoms with E-state index in [9.17, 15) is 0 Å². The summed E-state index contributed by atoms with van der Waals surface area (Å²) in [7, 11) is 0. The zero-order valence-electron chi connectivity index (χ0n) is 9.39. The third kappa shape index (κ3) is 2.14. The summed E-state index contributed by atoms with van der Waals surface area (Å²) >= 11 is 0. The predicted octanol–water partition coefficient (Wildman–Crippen LogP) is 2.35. The van der Waals surface area contributed by atoms with Crippen LogP contribution >= 0.6 is 0 Å². The second-order valence-electron chi connectivity index (χ2n) is 3.71. The first kappa shape index (κ1) is 10.9. The maximum Gasteiger partial charge on any atom is 0.129 e. The molecule has 1 aromatic heterocycles. The van der Waals surface area contributed by atoms with Crippen LogP contribution in [0.3, 0.4) is 0 Å². The van der Waals surface area contributed by atoms with Gasteiger partial charge in [0.25, 0.3) is 0 Å². The fourth-order valence-corrected chi connectivity index (χ4v) is 1.66. The molecule has 1 heterocycles. The Morgan fingerprint density at radius 2 is 2.19 bits per heavy atom. The lowest BCUT2D eigenvalue weighted by molar-refractivity contribution is 0.208. The third-order valence-electron chi connectivity index (χ3n) is 2.62. The highest BCUT2D eigenvalue weighted by atomic mass is 16.5. The summed E-state index contributed by atoms with van der Waals surface area (Å²) in [6.45, 7) is 2.61. The minimum absolute atomic E-state index is 0.0748. The second-order valence-corrected chi connectivity index (χ2v) is 3.71. The number of nitrogens with two attached hydrogens (primary N) is 1. The van der Waals surface area contributed by atoms with Gasteiger partial charge in [0.2, 0.25) is 0 Å². The van der Waals surface area contributed by atoms with Gasteiger partial charge in [-0.3, -0.25) is 4.98 Å². The molecule has 3 nitrogen and oxygen atoms in total. The first-order valence-electron chi connectivity index (χ1n) is 5.55. The molecule has 0 aliphatic carbocycles. The summed E-state index contributed by atoms with van der Waals surface area (Å²) in [4.78, 5) is 4.29. The maximum atomic E-state index is 5.86. The van der Waals surface area contributed by atoms with Crippen molar-refractivity contribution in [2.75, 3.05) is 6.54 Å². The van der Waals surface area contributed by atoms with Crippen LogP contribution in [0.1, 0.15) is 13.3 Å². The number of hydrogen-bond donors (Lipinski definition) is 1. The molecule has 0 aliphatic heterocycles. The van der Waals surface area contributed by atoms with Gasteiger partial charge in [-0.2, -0.15) is 0 Å². The van der Waals surface area contributed by atoms with Crippen LogP contribution in [0.15, 0.2) is 36.5 Å². The molecule has 2 rings (SSSR count). The molecule has 2 aromatic rings. The fraction of sp³-hybridized carbons (Fsp3) is 0.308. The molecule has 0 saturated heterocycles. The molecule has 84 valence electrons. The third-order valence-corrected chi connectivity index (χ3v) is 2.62. The maximum absolute atomic E-state index is 5.86. The minimum Gasteiger partial charge on any atom is -0.488 e. The molecule has 1 unspecified atom stereocenters. The van der Waals surface area contributed by atoms with Gasteiger partial charge in [-0.25, -0.2) is 0 Å². The van der Waals surface area contributed by atoms with Crippen LogP contribution in [-0.2, 0) is 0 Å². The Bertz CT molecular complexity index is 461. The number of ether oxygens (including phenoxy) is 1. The van der Waals surface area contributed by atoms with E-state index < -0.39 is 0 Å². The normalized spacial score (nSPS) is 12.6. The molecule has 16 heavy (non-hydrogen) atoms. The van der Waals surface area contributed by atoms with Crippen molar-refractivity contribution in [2.24, 2.45) is 5.73 Å². The lowest BCUT2D eigenvalue weighted by Gasteiger charge is -2.16. The summed E-state index contributed by atoms with van der Waals surface area (Å²) < 4.78 is 5.86. The summed E-state index contributed by atoms with van der Waals surface area (Å²) in [5.74, 6) is 0.864. The Morgan fingerprint density at radius 1 is 1.31 bits per heavy atom. The predicted molar refractivity (Wildman–Crippen MR) is 65.5 cm³/mol. The fourth-order valence-electron chi connectivity index (χ4n) is 1.66. The van der Waals surface area contributed by atoms with E-state index in [2.05, 4.69) is 11.9 Å². The Labute approximate surface area is 95.2 Å². The molecule has 0 amide bonds. The summed E-state index contributed by atoms with van der Waals surface area (Å²) in [5, 5.41) is 1.04. The highest BCUT2D eigenvalue weighted by Gasteiger charge is 2.08. The van der Waals surface area contributed by atoms with E-state index in [1.807, 2.05) is 30.3 Å². The van der Waals surface area contributed by atoms with Crippen molar-refractivity contribution in [2.45, 2.75) is 19.4 Å². The largest absolute Gasteiger partial charge is 0.488 e. The molecule has 3 heteroatoms. The van der Waals surface area contributed by atoms with Crippen LogP contribution in [0.5, 0.6) is 5.75 Å². The first-order valence-corrected chi connectivity index (χ1v) is 5.55. The molecule has 0 fully saturated rings. The zero-order valence-corrected chi connectivity index (χ0v) is 9.39. The smallest absolute Gasteiger partial charge is 0.129 e. The quantitative estimate of drug-likeness (QED) is 0.853. The highest BCUT2D eigenvalue weighted by Crippen LogP contribution is 2.24. The standard InChI is InChI=1S/C13H16N2O/c1-2-10(9-14)16-13-7-3-6-12-11(13)5-4-8-15-12/h3-8,10H,2,9,14H2,1H3. The second kappa shape index (κ2) is 4.94. The zero-order chi connectivity index (χ0) is 11.4. The summed E-state index contributed by atoms with van der Waals surface area (Å²) in [5.41, 5.74) is 6.59. The van der Waals surface area contributed by atoms with Crippen LogP contribution < -0.4 is 10.5 Å². The van der Waals surface area contributed by atoms with Gasteiger partial charge in [-0.05, 0) is 30.7 Å². The number of pyridine rings is 1. The monoisotopic (exact) mass is 216 g/mol. The molecule has 0 radical (unpaired) electrons. The molecule has 1 aromatic carbocycles. The van der Waals surface area contributed by atoms with Crippen molar-refractivity contribution in [3.05, 3.63) is 36.5 Å². The van der Waals surface area contributed by atoms with Crippen LogP contribution in [-0.4, -0.2) is 17.6 Å². The Hall–Kier alpha value is -1.61. The van der Waals surface area contributed by atoms with Gasteiger partial charge in [0.1, 0.15) is 11.9 Å². The van der Waals surface area contributed by atoms with Crippen molar-refractivity contribution >= 4 is 10.9 Å². The molecule has 2 N–H and O–H groups in total. The number of hydrogen-bond acceptors (Lipinski definition) is 3. The number of fused-ring (bicyclic) bond motifs is 1. The molecular weight excluding hydrogens is 200 g/mol. The van der Waals surface area contributed by atoms with E-state index in [1.54, 1.807) is 6.20 Å². The van der Waals surface area contributed by atoms with E-state index in [0.717, 1.165) is 23.1 Å². The van der Waals surface area contributed by atoms with Crippen LogP contribution in [0.4, 0.5) is 0 Å². The van der Waals surface area contributed by atoms with Gasteiger partial charge >= 0.3 is 0 Å².